The molecule has 146 valence electrons. The number of aromatic nitrogens is 4. The lowest BCUT2D eigenvalue weighted by molar-refractivity contribution is -0.130. The first-order chi connectivity index (χ1) is 13.0. The van der Waals surface area contributed by atoms with E-state index in [1.54, 1.807) is 6.33 Å². The maximum atomic E-state index is 13.0. The number of ether oxygens (including phenoxy) is 1. The predicted molar refractivity (Wildman–Crippen MR) is 97.1 cm³/mol. The average molecular weight is 373 g/mol. The minimum absolute atomic E-state index is 0.0394. The van der Waals surface area contributed by atoms with E-state index in [1.807, 2.05) is 30.4 Å². The Morgan fingerprint density at radius 3 is 2.74 bits per heavy atom. The van der Waals surface area contributed by atoms with Crippen LogP contribution < -0.4 is 0 Å². The lowest BCUT2D eigenvalue weighted by Gasteiger charge is -2.37. The van der Waals surface area contributed by atoms with Gasteiger partial charge in [0.05, 0.1) is 5.69 Å². The summed E-state index contributed by atoms with van der Waals surface area (Å²) >= 11 is 0. The fraction of sp³-hybridized carbons (Fsp3) is 0.684. The van der Waals surface area contributed by atoms with E-state index in [9.17, 15) is 4.79 Å². The van der Waals surface area contributed by atoms with Crippen molar-refractivity contribution < 1.29 is 14.1 Å². The Balaban J connectivity index is 1.50. The van der Waals surface area contributed by atoms with Gasteiger partial charge in [0.15, 0.2) is 0 Å². The van der Waals surface area contributed by atoms with Crippen molar-refractivity contribution >= 4 is 5.91 Å². The molecule has 1 atom stereocenters. The SMILES string of the molecule is Cc1noc(C)c1CCC(=O)N1CC(c2nncn2C)C2(CCOCC2)C1. The van der Waals surface area contributed by atoms with Gasteiger partial charge in [-0.2, -0.15) is 0 Å². The van der Waals surface area contributed by atoms with Crippen molar-refractivity contribution in [2.75, 3.05) is 26.3 Å². The minimum Gasteiger partial charge on any atom is -0.381 e. The van der Waals surface area contributed by atoms with Crippen LogP contribution in [0.5, 0.6) is 0 Å². The van der Waals surface area contributed by atoms with E-state index < -0.39 is 0 Å². The van der Waals surface area contributed by atoms with Gasteiger partial charge in [-0.1, -0.05) is 5.16 Å². The Bertz CT molecular complexity index is 802. The van der Waals surface area contributed by atoms with Crippen LogP contribution in [0.1, 0.15) is 48.0 Å². The third kappa shape index (κ3) is 3.26. The van der Waals surface area contributed by atoms with Gasteiger partial charge in [0.1, 0.15) is 17.9 Å². The summed E-state index contributed by atoms with van der Waals surface area (Å²) in [7, 11) is 1.98. The summed E-state index contributed by atoms with van der Waals surface area (Å²) in [5.74, 6) is 2.17. The summed E-state index contributed by atoms with van der Waals surface area (Å²) in [6.07, 6.45) is 4.79. The molecule has 4 heterocycles. The largest absolute Gasteiger partial charge is 0.381 e. The molecular formula is C19H27N5O3. The Kier molecular flexibility index (Phi) is 4.75. The van der Waals surface area contributed by atoms with Crippen molar-refractivity contribution in [3.05, 3.63) is 29.2 Å². The number of nitrogens with zero attached hydrogens (tertiary/aromatic N) is 5. The van der Waals surface area contributed by atoms with Gasteiger partial charge in [0.25, 0.3) is 0 Å². The van der Waals surface area contributed by atoms with Gasteiger partial charge in [-0.25, -0.2) is 0 Å². The minimum atomic E-state index is 0.0394. The van der Waals surface area contributed by atoms with E-state index in [0.29, 0.717) is 19.4 Å². The third-order valence-electron chi connectivity index (χ3n) is 6.32. The molecule has 2 fully saturated rings. The third-order valence-corrected chi connectivity index (χ3v) is 6.32. The van der Waals surface area contributed by atoms with Gasteiger partial charge in [-0.3, -0.25) is 4.79 Å². The van der Waals surface area contributed by atoms with Crippen LogP contribution in [0.3, 0.4) is 0 Å². The van der Waals surface area contributed by atoms with Crippen LogP contribution >= 0.6 is 0 Å². The Morgan fingerprint density at radius 2 is 2.11 bits per heavy atom. The normalized spacial score (nSPS) is 21.9. The molecule has 0 aliphatic carbocycles. The fourth-order valence-electron chi connectivity index (χ4n) is 4.66. The van der Waals surface area contributed by atoms with E-state index in [1.165, 1.54) is 0 Å². The maximum Gasteiger partial charge on any atom is 0.222 e. The number of rotatable bonds is 4. The molecule has 27 heavy (non-hydrogen) atoms. The maximum absolute atomic E-state index is 13.0. The molecule has 0 bridgehead atoms. The summed E-state index contributed by atoms with van der Waals surface area (Å²) in [5, 5.41) is 12.4. The highest BCUT2D eigenvalue weighted by atomic mass is 16.5. The van der Waals surface area contributed by atoms with Crippen molar-refractivity contribution in [3.8, 4) is 0 Å². The molecule has 1 unspecified atom stereocenters. The predicted octanol–water partition coefficient (Wildman–Crippen LogP) is 1.78. The van der Waals surface area contributed by atoms with E-state index in [-0.39, 0.29) is 17.2 Å². The first kappa shape index (κ1) is 18.2. The molecular weight excluding hydrogens is 346 g/mol. The van der Waals surface area contributed by atoms with Gasteiger partial charge < -0.3 is 18.7 Å². The zero-order chi connectivity index (χ0) is 19.0. The number of carbonyl (C=O) groups is 1. The van der Waals surface area contributed by atoms with Crippen molar-refractivity contribution in [1.29, 1.82) is 0 Å². The van der Waals surface area contributed by atoms with Crippen molar-refractivity contribution in [2.45, 2.75) is 45.4 Å². The van der Waals surface area contributed by atoms with Gasteiger partial charge >= 0.3 is 0 Å². The fourth-order valence-corrected chi connectivity index (χ4v) is 4.66. The molecule has 0 aromatic carbocycles. The highest BCUT2D eigenvalue weighted by molar-refractivity contribution is 5.77. The second kappa shape index (κ2) is 7.07. The summed E-state index contributed by atoms with van der Waals surface area (Å²) in [6.45, 7) is 6.79. The molecule has 8 heteroatoms. The second-order valence-electron chi connectivity index (χ2n) is 7.90. The number of hydrogen-bond acceptors (Lipinski definition) is 6. The van der Waals surface area contributed by atoms with Crippen molar-refractivity contribution in [1.82, 2.24) is 24.8 Å². The van der Waals surface area contributed by atoms with E-state index >= 15 is 0 Å². The summed E-state index contributed by atoms with van der Waals surface area (Å²) in [6, 6.07) is 0. The van der Waals surface area contributed by atoms with Gasteiger partial charge in [-0.05, 0) is 33.1 Å². The van der Waals surface area contributed by atoms with Crippen molar-refractivity contribution in [2.24, 2.45) is 12.5 Å². The number of amides is 1. The molecule has 2 aromatic heterocycles. The summed E-state index contributed by atoms with van der Waals surface area (Å²) < 4.78 is 12.8. The van der Waals surface area contributed by atoms with Crippen LogP contribution in [0.15, 0.2) is 10.9 Å². The molecule has 0 N–H and O–H groups in total. The smallest absolute Gasteiger partial charge is 0.222 e. The number of carbonyl (C=O) groups excluding carboxylic acids is 1. The number of aryl methyl sites for hydroxylation is 3. The van der Waals surface area contributed by atoms with Crippen LogP contribution in [-0.2, 0) is 23.0 Å². The van der Waals surface area contributed by atoms with Crippen LogP contribution in [0.4, 0.5) is 0 Å². The highest BCUT2D eigenvalue weighted by Crippen LogP contribution is 2.49. The summed E-state index contributed by atoms with van der Waals surface area (Å²) in [5.41, 5.74) is 1.96. The summed E-state index contributed by atoms with van der Waals surface area (Å²) in [4.78, 5) is 15.0. The molecule has 2 aliphatic rings. The zero-order valence-electron chi connectivity index (χ0n) is 16.3. The molecule has 8 nitrogen and oxygen atoms in total. The molecule has 1 spiro atoms. The number of likely N-dealkylation sites (tertiary alicyclic amines) is 1. The molecule has 2 aromatic rings. The first-order valence-corrected chi connectivity index (χ1v) is 9.61. The zero-order valence-corrected chi connectivity index (χ0v) is 16.3. The molecule has 0 radical (unpaired) electrons. The average Bonchev–Trinajstić information content (AvgIpc) is 3.32. The lowest BCUT2D eigenvalue weighted by Crippen LogP contribution is -2.37. The van der Waals surface area contributed by atoms with E-state index in [0.717, 1.165) is 55.4 Å². The Hall–Kier alpha value is -2.22. The van der Waals surface area contributed by atoms with Crippen molar-refractivity contribution in [3.63, 3.8) is 0 Å². The quantitative estimate of drug-likeness (QED) is 0.812. The van der Waals surface area contributed by atoms with E-state index in [2.05, 4.69) is 15.4 Å². The van der Waals surface area contributed by atoms with Crippen LogP contribution in [0.2, 0.25) is 0 Å². The Morgan fingerprint density at radius 1 is 1.33 bits per heavy atom. The van der Waals surface area contributed by atoms with Gasteiger partial charge in [0.2, 0.25) is 5.91 Å². The van der Waals surface area contributed by atoms with Crippen LogP contribution in [0, 0.1) is 19.3 Å². The topological polar surface area (TPSA) is 86.3 Å². The van der Waals surface area contributed by atoms with E-state index in [4.69, 9.17) is 9.26 Å². The lowest BCUT2D eigenvalue weighted by atomic mass is 9.72. The first-order valence-electron chi connectivity index (χ1n) is 9.61. The molecule has 1 amide bonds. The highest BCUT2D eigenvalue weighted by Gasteiger charge is 2.50. The molecule has 2 aliphatic heterocycles. The van der Waals surface area contributed by atoms with Crippen LogP contribution in [0.25, 0.3) is 0 Å². The number of hydrogen-bond donors (Lipinski definition) is 0. The standard InChI is InChI=1S/C19H27N5O3/c1-13-15(14(2)27-22-13)4-5-17(25)24-10-16(18-21-20-12-23(18)3)19(11-24)6-8-26-9-7-19/h12,16H,4-11H2,1-3H3. The Labute approximate surface area is 158 Å². The second-order valence-corrected chi connectivity index (χ2v) is 7.90. The molecule has 2 saturated heterocycles. The van der Waals surface area contributed by atoms with Crippen LogP contribution in [-0.4, -0.2) is 57.0 Å². The monoisotopic (exact) mass is 373 g/mol. The van der Waals surface area contributed by atoms with Gasteiger partial charge in [0, 0.05) is 56.7 Å². The molecule has 4 rings (SSSR count). The molecule has 0 saturated carbocycles. The van der Waals surface area contributed by atoms with Gasteiger partial charge in [-0.15, -0.1) is 10.2 Å².